The minimum Gasteiger partial charge on any atom is -0.494 e. The Morgan fingerprint density at radius 2 is 1.70 bits per heavy atom. The number of methoxy groups -OCH3 is 1. The zero-order valence-electron chi connectivity index (χ0n) is 13.5. The maximum atomic E-state index is 10.9. The zero-order chi connectivity index (χ0) is 16.3. The van der Waals surface area contributed by atoms with Crippen LogP contribution in [0.5, 0.6) is 5.75 Å². The van der Waals surface area contributed by atoms with Crippen LogP contribution in [0.2, 0.25) is 0 Å². The second-order valence-corrected chi connectivity index (χ2v) is 5.26. The van der Waals surface area contributed by atoms with Crippen molar-refractivity contribution >= 4 is 5.97 Å². The van der Waals surface area contributed by atoms with Gasteiger partial charge in [0.15, 0.2) is 0 Å². The first-order valence-corrected chi connectivity index (χ1v) is 7.81. The minimum atomic E-state index is -0.250. The molecule has 0 saturated carbocycles. The fourth-order valence-electron chi connectivity index (χ4n) is 2.18. The van der Waals surface area contributed by atoms with E-state index < -0.39 is 0 Å². The van der Waals surface area contributed by atoms with Crippen molar-refractivity contribution in [3.63, 3.8) is 0 Å². The van der Waals surface area contributed by atoms with E-state index in [4.69, 9.17) is 4.74 Å². The van der Waals surface area contributed by atoms with Crippen molar-refractivity contribution in [1.29, 1.82) is 0 Å². The normalized spacial score (nSPS) is 10.3. The van der Waals surface area contributed by atoms with Crippen LogP contribution >= 0.6 is 0 Å². The van der Waals surface area contributed by atoms with E-state index in [1.165, 1.54) is 18.2 Å². The summed E-state index contributed by atoms with van der Waals surface area (Å²) in [5.74, 6) is 0.620. The molecule has 0 atom stereocenters. The molecule has 1 N–H and O–H groups in total. The summed E-state index contributed by atoms with van der Waals surface area (Å²) < 4.78 is 10.2. The second-order valence-electron chi connectivity index (χ2n) is 5.26. The van der Waals surface area contributed by atoms with Gasteiger partial charge in [0, 0.05) is 0 Å². The molecular formula is C19H23NO3. The van der Waals surface area contributed by atoms with Crippen molar-refractivity contribution < 1.29 is 14.3 Å². The molecule has 23 heavy (non-hydrogen) atoms. The van der Waals surface area contributed by atoms with Crippen molar-refractivity contribution in [3.8, 4) is 5.75 Å². The summed E-state index contributed by atoms with van der Waals surface area (Å²) in [5.41, 5.74) is 2.57. The van der Waals surface area contributed by atoms with E-state index in [-0.39, 0.29) is 12.5 Å². The van der Waals surface area contributed by atoms with Crippen molar-refractivity contribution in [2.24, 2.45) is 0 Å². The van der Waals surface area contributed by atoms with Crippen LogP contribution in [0.3, 0.4) is 0 Å². The van der Waals surface area contributed by atoms with Gasteiger partial charge in [-0.15, -0.1) is 0 Å². The van der Waals surface area contributed by atoms with Crippen LogP contribution in [0.15, 0.2) is 54.6 Å². The van der Waals surface area contributed by atoms with Crippen molar-refractivity contribution in [2.75, 3.05) is 26.8 Å². The summed E-state index contributed by atoms with van der Waals surface area (Å²) in [6, 6.07) is 18.6. The van der Waals surface area contributed by atoms with Gasteiger partial charge in [-0.05, 0) is 42.6 Å². The quantitative estimate of drug-likeness (QED) is 0.571. The topological polar surface area (TPSA) is 47.6 Å². The average Bonchev–Trinajstić information content (AvgIpc) is 2.60. The van der Waals surface area contributed by atoms with Gasteiger partial charge in [-0.3, -0.25) is 4.79 Å². The lowest BCUT2D eigenvalue weighted by Crippen LogP contribution is -2.25. The van der Waals surface area contributed by atoms with E-state index >= 15 is 0 Å². The van der Waals surface area contributed by atoms with Gasteiger partial charge in [-0.1, -0.05) is 42.5 Å². The highest BCUT2D eigenvalue weighted by Gasteiger charge is 1.99. The Morgan fingerprint density at radius 1 is 1.00 bits per heavy atom. The molecule has 0 amide bonds. The van der Waals surface area contributed by atoms with E-state index in [2.05, 4.69) is 46.5 Å². The van der Waals surface area contributed by atoms with Gasteiger partial charge in [0.1, 0.15) is 5.75 Å². The molecular weight excluding hydrogens is 290 g/mol. The fraction of sp³-hybridized carbons (Fsp3) is 0.316. The van der Waals surface area contributed by atoms with Crippen LogP contribution in [0.4, 0.5) is 0 Å². The SMILES string of the molecule is COC(=O)CNCCCOc1ccc(Cc2ccccc2)cc1. The van der Waals surface area contributed by atoms with Crippen molar-refractivity contribution in [1.82, 2.24) is 5.32 Å². The molecule has 0 aliphatic carbocycles. The highest BCUT2D eigenvalue weighted by Crippen LogP contribution is 2.15. The van der Waals surface area contributed by atoms with E-state index in [1.807, 2.05) is 18.2 Å². The third-order valence-electron chi connectivity index (χ3n) is 3.44. The summed E-state index contributed by atoms with van der Waals surface area (Å²) in [7, 11) is 1.38. The molecule has 0 unspecified atom stereocenters. The molecule has 0 heterocycles. The summed E-state index contributed by atoms with van der Waals surface area (Å²) in [6.07, 6.45) is 1.77. The highest BCUT2D eigenvalue weighted by atomic mass is 16.5. The summed E-state index contributed by atoms with van der Waals surface area (Å²) >= 11 is 0. The predicted molar refractivity (Wildman–Crippen MR) is 90.7 cm³/mol. The van der Waals surface area contributed by atoms with Gasteiger partial charge in [0.05, 0.1) is 20.3 Å². The Labute approximate surface area is 137 Å². The molecule has 4 nitrogen and oxygen atoms in total. The van der Waals surface area contributed by atoms with Crippen LogP contribution < -0.4 is 10.1 Å². The van der Waals surface area contributed by atoms with Crippen molar-refractivity contribution in [3.05, 3.63) is 65.7 Å². The summed E-state index contributed by atoms with van der Waals surface area (Å²) in [5, 5.41) is 3.00. The molecule has 2 aromatic rings. The van der Waals surface area contributed by atoms with E-state index in [0.29, 0.717) is 6.61 Å². The molecule has 4 heteroatoms. The molecule has 0 fully saturated rings. The van der Waals surface area contributed by atoms with Gasteiger partial charge in [0.25, 0.3) is 0 Å². The van der Waals surface area contributed by atoms with E-state index in [0.717, 1.165) is 25.1 Å². The summed E-state index contributed by atoms with van der Waals surface area (Å²) in [6.45, 7) is 1.58. The Morgan fingerprint density at radius 3 is 2.39 bits per heavy atom. The Hall–Kier alpha value is -2.33. The number of carbonyl (C=O) groups is 1. The molecule has 0 saturated heterocycles. The molecule has 2 rings (SSSR count). The van der Waals surface area contributed by atoms with Crippen LogP contribution in [-0.2, 0) is 16.0 Å². The monoisotopic (exact) mass is 313 g/mol. The van der Waals surface area contributed by atoms with Gasteiger partial charge in [-0.2, -0.15) is 0 Å². The maximum Gasteiger partial charge on any atom is 0.319 e. The standard InChI is InChI=1S/C19H23NO3/c1-22-19(21)15-20-12-5-13-23-18-10-8-17(9-11-18)14-16-6-3-2-4-7-16/h2-4,6-11,20H,5,12-15H2,1H3. The second kappa shape index (κ2) is 9.64. The molecule has 122 valence electrons. The number of ether oxygens (including phenoxy) is 2. The lowest BCUT2D eigenvalue weighted by molar-refractivity contribution is -0.139. The molecule has 0 spiro atoms. The lowest BCUT2D eigenvalue weighted by atomic mass is 10.1. The van der Waals surface area contributed by atoms with Crippen LogP contribution in [0.25, 0.3) is 0 Å². The number of carbonyl (C=O) groups excluding carboxylic acids is 1. The third kappa shape index (κ3) is 6.53. The largest absolute Gasteiger partial charge is 0.494 e. The van der Waals surface area contributed by atoms with Crippen LogP contribution in [-0.4, -0.2) is 32.8 Å². The average molecular weight is 313 g/mol. The lowest BCUT2D eigenvalue weighted by Gasteiger charge is -2.08. The first-order valence-electron chi connectivity index (χ1n) is 7.81. The predicted octanol–water partition coefficient (Wildman–Crippen LogP) is 2.81. The number of hydrogen-bond donors (Lipinski definition) is 1. The third-order valence-corrected chi connectivity index (χ3v) is 3.44. The molecule has 0 aliphatic heterocycles. The Balaban J connectivity index is 1.66. The first kappa shape index (κ1) is 17.0. The van der Waals surface area contributed by atoms with Crippen molar-refractivity contribution in [2.45, 2.75) is 12.8 Å². The Bertz CT molecular complexity index is 581. The smallest absolute Gasteiger partial charge is 0.319 e. The number of rotatable bonds is 9. The summed E-state index contributed by atoms with van der Waals surface area (Å²) in [4.78, 5) is 10.9. The van der Waals surface area contributed by atoms with Crippen LogP contribution in [0, 0.1) is 0 Å². The number of esters is 1. The van der Waals surface area contributed by atoms with E-state index in [9.17, 15) is 4.79 Å². The molecule has 0 bridgehead atoms. The molecule has 0 aliphatic rings. The first-order chi connectivity index (χ1) is 11.3. The minimum absolute atomic E-state index is 0.241. The number of nitrogens with one attached hydrogen (secondary N) is 1. The van der Waals surface area contributed by atoms with E-state index in [1.54, 1.807) is 0 Å². The highest BCUT2D eigenvalue weighted by molar-refractivity contribution is 5.71. The maximum absolute atomic E-state index is 10.9. The van der Waals surface area contributed by atoms with Gasteiger partial charge in [-0.25, -0.2) is 0 Å². The number of hydrogen-bond acceptors (Lipinski definition) is 4. The zero-order valence-corrected chi connectivity index (χ0v) is 13.5. The molecule has 0 aromatic heterocycles. The number of benzene rings is 2. The van der Waals surface area contributed by atoms with Crippen LogP contribution in [0.1, 0.15) is 17.5 Å². The van der Waals surface area contributed by atoms with Gasteiger partial charge in [0.2, 0.25) is 0 Å². The molecule has 0 radical (unpaired) electrons. The fourth-order valence-corrected chi connectivity index (χ4v) is 2.18. The van der Waals surface area contributed by atoms with Gasteiger partial charge >= 0.3 is 5.97 Å². The Kier molecular flexibility index (Phi) is 7.14. The molecule has 2 aromatic carbocycles. The van der Waals surface area contributed by atoms with Gasteiger partial charge < -0.3 is 14.8 Å².